The van der Waals surface area contributed by atoms with Gasteiger partial charge in [0.05, 0.1) is 6.61 Å². The second-order valence-corrected chi connectivity index (χ2v) is 6.28. The lowest BCUT2D eigenvalue weighted by Gasteiger charge is -2.32. The molecule has 7 heteroatoms. The van der Waals surface area contributed by atoms with Crippen molar-refractivity contribution >= 4 is 18.0 Å². The zero-order chi connectivity index (χ0) is 16.8. The SMILES string of the molecule is CCOC(=O)CC(=O)N1CCC(NC(=O)OC(C)(C)C)CC1. The number of nitrogens with one attached hydrogen (secondary N) is 1. The summed E-state index contributed by atoms with van der Waals surface area (Å²) in [6, 6.07) is -0.0125. The minimum atomic E-state index is -0.527. The normalized spacial score (nSPS) is 16.1. The molecule has 1 saturated heterocycles. The van der Waals surface area contributed by atoms with Gasteiger partial charge in [-0.1, -0.05) is 0 Å². The first-order valence-electron chi connectivity index (χ1n) is 7.64. The second kappa shape index (κ2) is 8.00. The van der Waals surface area contributed by atoms with E-state index in [1.54, 1.807) is 11.8 Å². The zero-order valence-electron chi connectivity index (χ0n) is 13.8. The molecule has 1 N–H and O–H groups in total. The number of hydrogen-bond donors (Lipinski definition) is 1. The molecule has 0 unspecified atom stereocenters. The van der Waals surface area contributed by atoms with Gasteiger partial charge in [0.1, 0.15) is 12.0 Å². The molecular weight excluding hydrogens is 288 g/mol. The molecule has 1 heterocycles. The largest absolute Gasteiger partial charge is 0.466 e. The van der Waals surface area contributed by atoms with Crippen LogP contribution in [0.3, 0.4) is 0 Å². The van der Waals surface area contributed by atoms with Crippen LogP contribution < -0.4 is 5.32 Å². The molecular formula is C15H26N2O5. The van der Waals surface area contributed by atoms with Crippen molar-refractivity contribution in [3.8, 4) is 0 Å². The first kappa shape index (κ1) is 18.3. The Morgan fingerprint density at radius 3 is 2.27 bits per heavy atom. The van der Waals surface area contributed by atoms with E-state index in [4.69, 9.17) is 9.47 Å². The molecule has 0 bridgehead atoms. The minimum absolute atomic E-state index is 0.0125. The predicted molar refractivity (Wildman–Crippen MR) is 80.2 cm³/mol. The monoisotopic (exact) mass is 314 g/mol. The van der Waals surface area contributed by atoms with E-state index in [0.29, 0.717) is 25.9 Å². The van der Waals surface area contributed by atoms with E-state index in [-0.39, 0.29) is 25.0 Å². The standard InChI is InChI=1S/C15H26N2O5/c1-5-21-13(19)10-12(18)17-8-6-11(7-9-17)16-14(20)22-15(2,3)4/h11H,5-10H2,1-4H3,(H,16,20). The Hall–Kier alpha value is -1.79. The van der Waals surface area contributed by atoms with Crippen molar-refractivity contribution < 1.29 is 23.9 Å². The third-order valence-corrected chi connectivity index (χ3v) is 3.17. The Bertz CT molecular complexity index is 409. The summed E-state index contributed by atoms with van der Waals surface area (Å²) >= 11 is 0. The van der Waals surface area contributed by atoms with Gasteiger partial charge in [0.2, 0.25) is 5.91 Å². The average molecular weight is 314 g/mol. The molecule has 0 saturated carbocycles. The number of carbonyl (C=O) groups excluding carboxylic acids is 3. The molecule has 1 aliphatic heterocycles. The van der Waals surface area contributed by atoms with Gasteiger partial charge in [0.15, 0.2) is 0 Å². The Morgan fingerprint density at radius 1 is 1.18 bits per heavy atom. The van der Waals surface area contributed by atoms with E-state index in [1.807, 2.05) is 20.8 Å². The van der Waals surface area contributed by atoms with Gasteiger partial charge in [-0.2, -0.15) is 0 Å². The van der Waals surface area contributed by atoms with Gasteiger partial charge in [-0.05, 0) is 40.5 Å². The lowest BCUT2D eigenvalue weighted by atomic mass is 10.0. The lowest BCUT2D eigenvalue weighted by molar-refractivity contribution is -0.149. The first-order valence-corrected chi connectivity index (χ1v) is 7.64. The van der Waals surface area contributed by atoms with Gasteiger partial charge in [-0.15, -0.1) is 0 Å². The van der Waals surface area contributed by atoms with Crippen LogP contribution in [0.15, 0.2) is 0 Å². The highest BCUT2D eigenvalue weighted by molar-refractivity contribution is 5.94. The number of amides is 2. The fourth-order valence-electron chi connectivity index (χ4n) is 2.19. The highest BCUT2D eigenvalue weighted by Gasteiger charge is 2.26. The van der Waals surface area contributed by atoms with Gasteiger partial charge >= 0.3 is 12.1 Å². The van der Waals surface area contributed by atoms with Crippen molar-refractivity contribution in [1.29, 1.82) is 0 Å². The molecule has 0 atom stereocenters. The fraction of sp³-hybridized carbons (Fsp3) is 0.800. The van der Waals surface area contributed by atoms with Gasteiger partial charge in [0, 0.05) is 19.1 Å². The van der Waals surface area contributed by atoms with Gasteiger partial charge < -0.3 is 19.7 Å². The summed E-state index contributed by atoms with van der Waals surface area (Å²) < 4.78 is 9.97. The molecule has 2 amide bonds. The van der Waals surface area contributed by atoms with Crippen LogP contribution >= 0.6 is 0 Å². The van der Waals surface area contributed by atoms with E-state index < -0.39 is 17.7 Å². The smallest absolute Gasteiger partial charge is 0.407 e. The fourth-order valence-corrected chi connectivity index (χ4v) is 2.19. The van der Waals surface area contributed by atoms with E-state index in [0.717, 1.165) is 0 Å². The Labute approximate surface area is 131 Å². The summed E-state index contributed by atoms with van der Waals surface area (Å²) in [6.45, 7) is 8.43. The van der Waals surface area contributed by atoms with Crippen molar-refractivity contribution in [1.82, 2.24) is 10.2 Å². The van der Waals surface area contributed by atoms with Crippen LogP contribution in [0, 0.1) is 0 Å². The summed E-state index contributed by atoms with van der Waals surface area (Å²) in [6.07, 6.45) is 0.628. The Balaban J connectivity index is 2.32. The van der Waals surface area contributed by atoms with Crippen molar-refractivity contribution in [2.24, 2.45) is 0 Å². The van der Waals surface area contributed by atoms with E-state index in [2.05, 4.69) is 5.32 Å². The molecule has 0 radical (unpaired) electrons. The maximum Gasteiger partial charge on any atom is 0.407 e. The van der Waals surface area contributed by atoms with E-state index >= 15 is 0 Å². The zero-order valence-corrected chi connectivity index (χ0v) is 13.8. The molecule has 1 aliphatic rings. The summed E-state index contributed by atoms with van der Waals surface area (Å²) in [4.78, 5) is 36.5. The van der Waals surface area contributed by atoms with Crippen molar-refractivity contribution in [3.05, 3.63) is 0 Å². The molecule has 0 aromatic heterocycles. The third-order valence-electron chi connectivity index (χ3n) is 3.17. The maximum absolute atomic E-state index is 11.9. The van der Waals surface area contributed by atoms with Crippen molar-refractivity contribution in [2.75, 3.05) is 19.7 Å². The molecule has 7 nitrogen and oxygen atoms in total. The summed E-state index contributed by atoms with van der Waals surface area (Å²) in [5, 5.41) is 2.81. The molecule has 22 heavy (non-hydrogen) atoms. The summed E-state index contributed by atoms with van der Waals surface area (Å²) in [7, 11) is 0. The van der Waals surface area contributed by atoms with Gasteiger partial charge in [-0.3, -0.25) is 9.59 Å². The molecule has 0 aromatic carbocycles. The van der Waals surface area contributed by atoms with Gasteiger partial charge in [0.25, 0.3) is 0 Å². The van der Waals surface area contributed by atoms with Crippen LogP contribution in [-0.4, -0.2) is 54.2 Å². The molecule has 126 valence electrons. The quantitative estimate of drug-likeness (QED) is 0.627. The molecule has 1 fully saturated rings. The number of ether oxygens (including phenoxy) is 2. The average Bonchev–Trinajstić information content (AvgIpc) is 2.37. The highest BCUT2D eigenvalue weighted by Crippen LogP contribution is 2.13. The number of nitrogens with zero attached hydrogens (tertiary/aromatic N) is 1. The van der Waals surface area contributed by atoms with Crippen LogP contribution in [0.25, 0.3) is 0 Å². The van der Waals surface area contributed by atoms with Crippen molar-refractivity contribution in [3.63, 3.8) is 0 Å². The second-order valence-electron chi connectivity index (χ2n) is 6.28. The number of hydrogen-bond acceptors (Lipinski definition) is 5. The molecule has 1 rings (SSSR count). The summed E-state index contributed by atoms with van der Waals surface area (Å²) in [5.41, 5.74) is -0.527. The van der Waals surface area contributed by atoms with Crippen LogP contribution in [0.4, 0.5) is 4.79 Å². The third kappa shape index (κ3) is 6.78. The van der Waals surface area contributed by atoms with Crippen LogP contribution in [0.1, 0.15) is 47.0 Å². The Kier molecular flexibility index (Phi) is 6.64. The minimum Gasteiger partial charge on any atom is -0.466 e. The van der Waals surface area contributed by atoms with E-state index in [1.165, 1.54) is 0 Å². The van der Waals surface area contributed by atoms with Crippen LogP contribution in [0.5, 0.6) is 0 Å². The Morgan fingerprint density at radius 2 is 1.77 bits per heavy atom. The number of piperidine rings is 1. The van der Waals surface area contributed by atoms with Crippen LogP contribution in [0.2, 0.25) is 0 Å². The predicted octanol–water partition coefficient (Wildman–Crippen LogP) is 1.46. The van der Waals surface area contributed by atoms with Gasteiger partial charge in [-0.25, -0.2) is 4.79 Å². The molecule has 0 aromatic rings. The molecule has 0 spiro atoms. The number of alkyl carbamates (subject to hydrolysis) is 1. The molecule has 0 aliphatic carbocycles. The number of rotatable bonds is 4. The number of esters is 1. The number of carbonyl (C=O) groups is 3. The van der Waals surface area contributed by atoms with Crippen LogP contribution in [-0.2, 0) is 19.1 Å². The topological polar surface area (TPSA) is 84.9 Å². The van der Waals surface area contributed by atoms with E-state index in [9.17, 15) is 14.4 Å². The van der Waals surface area contributed by atoms with Crippen molar-refractivity contribution in [2.45, 2.75) is 58.6 Å². The maximum atomic E-state index is 11.9. The number of likely N-dealkylation sites (tertiary alicyclic amines) is 1. The highest BCUT2D eigenvalue weighted by atomic mass is 16.6. The summed E-state index contributed by atoms with van der Waals surface area (Å²) in [5.74, 6) is -0.726. The first-order chi connectivity index (χ1) is 10.2. The lowest BCUT2D eigenvalue weighted by Crippen LogP contribution is -2.48.